The molecule has 1 aliphatic heterocycles. The average molecular weight is 150 g/mol. The molecule has 0 saturated heterocycles. The molecule has 2 N–H and O–H groups in total. The predicted molar refractivity (Wildman–Crippen MR) is 48.0 cm³/mol. The maximum atomic E-state index is 3.72. The van der Waals surface area contributed by atoms with Gasteiger partial charge in [0.15, 0.2) is 0 Å². The van der Waals surface area contributed by atoms with Crippen molar-refractivity contribution in [2.45, 2.75) is 6.92 Å². The van der Waals surface area contributed by atoms with Gasteiger partial charge in [0, 0.05) is 13.1 Å². The van der Waals surface area contributed by atoms with Gasteiger partial charge in [-0.1, -0.05) is 12.7 Å². The standard InChI is InChI=1S/C9H14N2/c1-3-5-9-8(4-2)10-6-7-11-9/h3-5,10-11H,2,6-7H2,1H3/b5-3-. The second-order valence-corrected chi connectivity index (χ2v) is 2.39. The Morgan fingerprint density at radius 3 is 2.45 bits per heavy atom. The smallest absolute Gasteiger partial charge is 0.0573 e. The summed E-state index contributed by atoms with van der Waals surface area (Å²) in [7, 11) is 0. The van der Waals surface area contributed by atoms with Gasteiger partial charge < -0.3 is 10.6 Å². The molecule has 0 aromatic carbocycles. The van der Waals surface area contributed by atoms with Crippen LogP contribution in [0.2, 0.25) is 0 Å². The topological polar surface area (TPSA) is 24.1 Å². The number of hydrogen-bond donors (Lipinski definition) is 2. The van der Waals surface area contributed by atoms with Crippen LogP contribution in [0.15, 0.2) is 36.2 Å². The molecule has 0 bridgehead atoms. The quantitative estimate of drug-likeness (QED) is 0.617. The Hall–Kier alpha value is -1.18. The van der Waals surface area contributed by atoms with E-state index in [1.807, 2.05) is 25.2 Å². The minimum Gasteiger partial charge on any atom is -0.382 e. The summed E-state index contributed by atoms with van der Waals surface area (Å²) < 4.78 is 0. The summed E-state index contributed by atoms with van der Waals surface area (Å²) >= 11 is 0. The average Bonchev–Trinajstić information content (AvgIpc) is 2.06. The number of hydrogen-bond acceptors (Lipinski definition) is 2. The number of rotatable bonds is 2. The van der Waals surface area contributed by atoms with Gasteiger partial charge in [0.05, 0.1) is 11.4 Å². The fraction of sp³-hybridized carbons (Fsp3) is 0.333. The Labute approximate surface area is 67.7 Å². The Bertz CT molecular complexity index is 202. The monoisotopic (exact) mass is 150 g/mol. The SMILES string of the molecule is C=CC1=C(/C=C\C)NCCN1. The molecule has 0 saturated carbocycles. The second kappa shape index (κ2) is 3.86. The van der Waals surface area contributed by atoms with Gasteiger partial charge in [-0.2, -0.15) is 0 Å². The van der Waals surface area contributed by atoms with E-state index >= 15 is 0 Å². The molecular formula is C9H14N2. The molecule has 0 amide bonds. The highest BCUT2D eigenvalue weighted by Gasteiger charge is 2.04. The van der Waals surface area contributed by atoms with Crippen LogP contribution in [0.25, 0.3) is 0 Å². The third kappa shape index (κ3) is 1.87. The number of allylic oxidation sites excluding steroid dienone is 3. The molecule has 0 fully saturated rings. The van der Waals surface area contributed by atoms with Gasteiger partial charge in [-0.25, -0.2) is 0 Å². The minimum atomic E-state index is 0.975. The van der Waals surface area contributed by atoms with Crippen molar-refractivity contribution < 1.29 is 0 Å². The van der Waals surface area contributed by atoms with Crippen LogP contribution in [0, 0.1) is 0 Å². The van der Waals surface area contributed by atoms with E-state index in [0.29, 0.717) is 0 Å². The van der Waals surface area contributed by atoms with Crippen LogP contribution < -0.4 is 10.6 Å². The fourth-order valence-corrected chi connectivity index (χ4v) is 1.08. The Kier molecular flexibility index (Phi) is 2.78. The van der Waals surface area contributed by atoms with Gasteiger partial charge in [-0.15, -0.1) is 0 Å². The molecule has 0 aromatic heterocycles. The zero-order valence-corrected chi connectivity index (χ0v) is 6.85. The highest BCUT2D eigenvalue weighted by molar-refractivity contribution is 5.31. The molecule has 2 heteroatoms. The van der Waals surface area contributed by atoms with E-state index in [9.17, 15) is 0 Å². The second-order valence-electron chi connectivity index (χ2n) is 2.39. The van der Waals surface area contributed by atoms with Crippen molar-refractivity contribution in [1.82, 2.24) is 10.6 Å². The van der Waals surface area contributed by atoms with Crippen LogP contribution in [0.1, 0.15) is 6.92 Å². The maximum Gasteiger partial charge on any atom is 0.0573 e. The van der Waals surface area contributed by atoms with E-state index in [-0.39, 0.29) is 0 Å². The van der Waals surface area contributed by atoms with Gasteiger partial charge in [-0.3, -0.25) is 0 Å². The summed E-state index contributed by atoms with van der Waals surface area (Å²) in [4.78, 5) is 0. The first-order chi connectivity index (χ1) is 5.38. The lowest BCUT2D eigenvalue weighted by atomic mass is 10.2. The van der Waals surface area contributed by atoms with Crippen LogP contribution in [0.3, 0.4) is 0 Å². The van der Waals surface area contributed by atoms with Crippen LogP contribution in [-0.2, 0) is 0 Å². The van der Waals surface area contributed by atoms with Crippen molar-refractivity contribution in [3.63, 3.8) is 0 Å². The fourth-order valence-electron chi connectivity index (χ4n) is 1.08. The molecule has 0 unspecified atom stereocenters. The Balaban J connectivity index is 2.81. The normalized spacial score (nSPS) is 17.9. The summed E-state index contributed by atoms with van der Waals surface area (Å²) in [6, 6.07) is 0. The molecule has 1 rings (SSSR count). The minimum absolute atomic E-state index is 0.975. The first-order valence-corrected chi connectivity index (χ1v) is 3.85. The van der Waals surface area contributed by atoms with Gasteiger partial charge in [0.2, 0.25) is 0 Å². The van der Waals surface area contributed by atoms with Crippen molar-refractivity contribution in [1.29, 1.82) is 0 Å². The molecule has 2 nitrogen and oxygen atoms in total. The molecule has 0 aromatic rings. The van der Waals surface area contributed by atoms with Crippen molar-refractivity contribution in [2.24, 2.45) is 0 Å². The predicted octanol–water partition coefficient (Wildman–Crippen LogP) is 1.15. The van der Waals surface area contributed by atoms with Crippen LogP contribution >= 0.6 is 0 Å². The summed E-state index contributed by atoms with van der Waals surface area (Å²) in [6.07, 6.45) is 5.89. The van der Waals surface area contributed by atoms with Gasteiger partial charge in [0.25, 0.3) is 0 Å². The summed E-state index contributed by atoms with van der Waals surface area (Å²) in [6.45, 7) is 7.68. The van der Waals surface area contributed by atoms with Crippen LogP contribution in [-0.4, -0.2) is 13.1 Å². The largest absolute Gasteiger partial charge is 0.382 e. The van der Waals surface area contributed by atoms with E-state index in [1.54, 1.807) is 0 Å². The molecule has 1 heterocycles. The zero-order valence-electron chi connectivity index (χ0n) is 6.85. The molecular weight excluding hydrogens is 136 g/mol. The van der Waals surface area contributed by atoms with Gasteiger partial charge in [-0.05, 0) is 19.1 Å². The van der Waals surface area contributed by atoms with Crippen LogP contribution in [0.5, 0.6) is 0 Å². The third-order valence-electron chi connectivity index (χ3n) is 1.58. The highest BCUT2D eigenvalue weighted by atomic mass is 15.0. The third-order valence-corrected chi connectivity index (χ3v) is 1.58. The molecule has 0 radical (unpaired) electrons. The van der Waals surface area contributed by atoms with E-state index in [0.717, 1.165) is 24.5 Å². The van der Waals surface area contributed by atoms with Crippen molar-refractivity contribution in [3.8, 4) is 0 Å². The van der Waals surface area contributed by atoms with E-state index in [4.69, 9.17) is 0 Å². The van der Waals surface area contributed by atoms with Gasteiger partial charge >= 0.3 is 0 Å². The summed E-state index contributed by atoms with van der Waals surface area (Å²) in [5.74, 6) is 0. The first kappa shape index (κ1) is 7.92. The van der Waals surface area contributed by atoms with Gasteiger partial charge in [0.1, 0.15) is 0 Å². The highest BCUT2D eigenvalue weighted by Crippen LogP contribution is 2.03. The molecule has 0 aliphatic carbocycles. The summed E-state index contributed by atoms with van der Waals surface area (Å²) in [5, 5.41) is 6.53. The lowest BCUT2D eigenvalue weighted by Crippen LogP contribution is -2.34. The van der Waals surface area contributed by atoms with Crippen molar-refractivity contribution in [2.75, 3.05) is 13.1 Å². The van der Waals surface area contributed by atoms with Crippen molar-refractivity contribution >= 4 is 0 Å². The lowest BCUT2D eigenvalue weighted by molar-refractivity contribution is 0.676. The molecule has 1 aliphatic rings. The Morgan fingerprint density at radius 2 is 1.91 bits per heavy atom. The number of nitrogens with one attached hydrogen (secondary N) is 2. The zero-order chi connectivity index (χ0) is 8.10. The molecule has 0 spiro atoms. The summed E-state index contributed by atoms with van der Waals surface area (Å²) in [5.41, 5.74) is 2.23. The molecule has 11 heavy (non-hydrogen) atoms. The van der Waals surface area contributed by atoms with E-state index in [1.165, 1.54) is 0 Å². The van der Waals surface area contributed by atoms with Crippen molar-refractivity contribution in [3.05, 3.63) is 36.2 Å². The van der Waals surface area contributed by atoms with E-state index < -0.39 is 0 Å². The molecule has 0 atom stereocenters. The molecule has 60 valence electrons. The maximum absolute atomic E-state index is 3.72. The van der Waals surface area contributed by atoms with E-state index in [2.05, 4.69) is 17.2 Å². The lowest BCUT2D eigenvalue weighted by Gasteiger charge is -2.19. The first-order valence-electron chi connectivity index (χ1n) is 3.85. The Morgan fingerprint density at radius 1 is 1.27 bits per heavy atom. The van der Waals surface area contributed by atoms with Crippen LogP contribution in [0.4, 0.5) is 0 Å².